The molecular formula is C36H40N2O4. The number of likely N-dealkylation sites (tertiary alicyclic amines) is 1. The highest BCUT2D eigenvalue weighted by Crippen LogP contribution is 2.42. The zero-order valence-corrected chi connectivity index (χ0v) is 24.7. The predicted octanol–water partition coefficient (Wildman–Crippen LogP) is 6.09. The largest absolute Gasteiger partial charge is 0.497 e. The van der Waals surface area contributed by atoms with Crippen molar-refractivity contribution in [2.75, 3.05) is 40.9 Å². The van der Waals surface area contributed by atoms with E-state index in [2.05, 4.69) is 29.2 Å². The molecule has 218 valence electrons. The molecule has 42 heavy (non-hydrogen) atoms. The smallest absolute Gasteiger partial charge is 0.253 e. The first-order valence-electron chi connectivity index (χ1n) is 14.5. The van der Waals surface area contributed by atoms with Crippen LogP contribution in [0, 0.1) is 0 Å². The number of benzene rings is 4. The van der Waals surface area contributed by atoms with Crippen LogP contribution in [0.25, 0.3) is 0 Å². The summed E-state index contributed by atoms with van der Waals surface area (Å²) in [6, 6.07) is 34.3. The highest BCUT2D eigenvalue weighted by Gasteiger charge is 2.38. The third-order valence-electron chi connectivity index (χ3n) is 8.44. The molecule has 1 amide bonds. The average molecular weight is 565 g/mol. The molecule has 1 aliphatic heterocycles. The van der Waals surface area contributed by atoms with Crippen molar-refractivity contribution in [1.82, 2.24) is 9.80 Å². The summed E-state index contributed by atoms with van der Waals surface area (Å²) >= 11 is 0. The molecule has 4 aromatic carbocycles. The van der Waals surface area contributed by atoms with Gasteiger partial charge in [-0.15, -0.1) is 0 Å². The number of carbonyl (C=O) groups excluding carboxylic acids is 1. The van der Waals surface area contributed by atoms with Gasteiger partial charge in [-0.25, -0.2) is 0 Å². The van der Waals surface area contributed by atoms with E-state index in [1.807, 2.05) is 78.9 Å². The van der Waals surface area contributed by atoms with Gasteiger partial charge in [0.2, 0.25) is 0 Å². The Kier molecular flexibility index (Phi) is 9.25. The Morgan fingerprint density at radius 2 is 1.43 bits per heavy atom. The number of aliphatic hydroxyl groups is 1. The second-order valence-corrected chi connectivity index (χ2v) is 11.2. The van der Waals surface area contributed by atoms with Gasteiger partial charge in [0.15, 0.2) is 0 Å². The normalized spacial score (nSPS) is 15.5. The lowest BCUT2D eigenvalue weighted by atomic mass is 9.69. The second-order valence-electron chi connectivity index (χ2n) is 11.2. The van der Waals surface area contributed by atoms with Crippen LogP contribution in [0.4, 0.5) is 0 Å². The third kappa shape index (κ3) is 6.51. The van der Waals surface area contributed by atoms with E-state index in [0.717, 1.165) is 49.5 Å². The van der Waals surface area contributed by atoms with Crippen LogP contribution in [0.3, 0.4) is 0 Å². The Balaban J connectivity index is 1.30. The first-order valence-corrected chi connectivity index (χ1v) is 14.5. The van der Waals surface area contributed by atoms with E-state index in [1.54, 1.807) is 26.2 Å². The Morgan fingerprint density at radius 1 is 0.857 bits per heavy atom. The van der Waals surface area contributed by atoms with Gasteiger partial charge in [0.1, 0.15) is 11.5 Å². The molecule has 1 aliphatic rings. The molecule has 0 aromatic heterocycles. The molecule has 0 radical (unpaired) electrons. The van der Waals surface area contributed by atoms with Crippen LogP contribution in [0.5, 0.6) is 11.5 Å². The summed E-state index contributed by atoms with van der Waals surface area (Å²) in [7, 11) is 5.12. The van der Waals surface area contributed by atoms with Crippen LogP contribution in [0.1, 0.15) is 51.6 Å². The second kappa shape index (κ2) is 13.2. The van der Waals surface area contributed by atoms with E-state index in [1.165, 1.54) is 16.7 Å². The number of piperidine rings is 1. The molecule has 0 saturated carbocycles. The number of rotatable bonds is 10. The summed E-state index contributed by atoms with van der Waals surface area (Å²) in [4.78, 5) is 17.2. The number of ether oxygens (including phenoxy) is 2. The van der Waals surface area contributed by atoms with Crippen LogP contribution in [-0.2, 0) is 12.0 Å². The van der Waals surface area contributed by atoms with Crippen molar-refractivity contribution < 1.29 is 19.4 Å². The van der Waals surface area contributed by atoms with Crippen molar-refractivity contribution in [3.05, 3.63) is 131 Å². The standard InChI is InChI=1S/C36H40N2O4/c1-37(25-34(39)28-8-5-4-6-9-28)35(40)29-12-10-27(11-13-29)24-38-23-7-22-36(26-38,30-14-18-32(41-2)19-15-30)31-16-20-33(42-3)21-17-31/h4-6,8-21,34,39H,7,22-26H2,1-3H3. The maximum absolute atomic E-state index is 13.1. The fourth-order valence-electron chi connectivity index (χ4n) is 6.09. The molecule has 1 fully saturated rings. The molecule has 1 saturated heterocycles. The van der Waals surface area contributed by atoms with Crippen molar-refractivity contribution >= 4 is 5.91 Å². The van der Waals surface area contributed by atoms with Gasteiger partial charge in [-0.3, -0.25) is 9.69 Å². The van der Waals surface area contributed by atoms with Crippen LogP contribution in [0.2, 0.25) is 0 Å². The topological polar surface area (TPSA) is 62.2 Å². The van der Waals surface area contributed by atoms with Crippen LogP contribution < -0.4 is 9.47 Å². The molecular weight excluding hydrogens is 524 g/mol. The van der Waals surface area contributed by atoms with Crippen LogP contribution in [0.15, 0.2) is 103 Å². The van der Waals surface area contributed by atoms with Crippen molar-refractivity contribution in [2.45, 2.75) is 30.9 Å². The van der Waals surface area contributed by atoms with E-state index in [-0.39, 0.29) is 17.9 Å². The number of hydrogen-bond acceptors (Lipinski definition) is 5. The summed E-state index contributed by atoms with van der Waals surface area (Å²) in [6.45, 7) is 2.92. The maximum atomic E-state index is 13.1. The van der Waals surface area contributed by atoms with Gasteiger partial charge in [0.25, 0.3) is 5.91 Å². The molecule has 0 aliphatic carbocycles. The lowest BCUT2D eigenvalue weighted by Gasteiger charge is -2.44. The van der Waals surface area contributed by atoms with Crippen LogP contribution >= 0.6 is 0 Å². The number of hydrogen-bond donors (Lipinski definition) is 1. The lowest BCUT2D eigenvalue weighted by molar-refractivity contribution is 0.0681. The van der Waals surface area contributed by atoms with E-state index in [9.17, 15) is 9.90 Å². The fourth-order valence-corrected chi connectivity index (χ4v) is 6.09. The Hall–Kier alpha value is -4.13. The molecule has 6 nitrogen and oxygen atoms in total. The summed E-state index contributed by atoms with van der Waals surface area (Å²) in [5.41, 5.74) is 4.98. The number of aliphatic hydroxyl groups excluding tert-OH is 1. The highest BCUT2D eigenvalue weighted by molar-refractivity contribution is 5.94. The molecule has 0 spiro atoms. The summed E-state index contributed by atoms with van der Waals surface area (Å²) < 4.78 is 10.9. The molecule has 1 atom stereocenters. The van der Waals surface area contributed by atoms with Gasteiger partial charge >= 0.3 is 0 Å². The lowest BCUT2D eigenvalue weighted by Crippen LogP contribution is -2.46. The molecule has 1 unspecified atom stereocenters. The number of methoxy groups -OCH3 is 2. The Bertz CT molecular complexity index is 1390. The summed E-state index contributed by atoms with van der Waals surface area (Å²) in [6.07, 6.45) is 1.40. The van der Waals surface area contributed by atoms with Crippen molar-refractivity contribution in [3.8, 4) is 11.5 Å². The Morgan fingerprint density at radius 3 is 1.98 bits per heavy atom. The van der Waals surface area contributed by atoms with Gasteiger partial charge in [-0.1, -0.05) is 66.7 Å². The zero-order chi connectivity index (χ0) is 29.5. The molecule has 1 N–H and O–H groups in total. The molecule has 4 aromatic rings. The minimum Gasteiger partial charge on any atom is -0.497 e. The van der Waals surface area contributed by atoms with Gasteiger partial charge in [-0.2, -0.15) is 0 Å². The van der Waals surface area contributed by atoms with Crippen LogP contribution in [-0.4, -0.2) is 61.7 Å². The van der Waals surface area contributed by atoms with Gasteiger partial charge < -0.3 is 19.5 Å². The SMILES string of the molecule is COc1ccc(C2(c3ccc(OC)cc3)CCCN(Cc3ccc(C(=O)N(C)CC(O)c4ccccc4)cc3)C2)cc1. The first-order chi connectivity index (χ1) is 20.4. The van der Waals surface area contributed by atoms with E-state index in [4.69, 9.17) is 9.47 Å². The molecule has 5 rings (SSSR count). The van der Waals surface area contributed by atoms with E-state index < -0.39 is 6.10 Å². The van der Waals surface area contributed by atoms with Gasteiger partial charge in [0.05, 0.1) is 26.9 Å². The predicted molar refractivity (Wildman–Crippen MR) is 166 cm³/mol. The maximum Gasteiger partial charge on any atom is 0.253 e. The highest BCUT2D eigenvalue weighted by atomic mass is 16.5. The van der Waals surface area contributed by atoms with E-state index in [0.29, 0.717) is 5.56 Å². The minimum absolute atomic E-state index is 0.104. The fraction of sp³-hybridized carbons (Fsp3) is 0.306. The number of amides is 1. The first kappa shape index (κ1) is 29.4. The average Bonchev–Trinajstić information content (AvgIpc) is 3.05. The van der Waals surface area contributed by atoms with E-state index >= 15 is 0 Å². The van der Waals surface area contributed by atoms with Crippen molar-refractivity contribution in [2.24, 2.45) is 0 Å². The quantitative estimate of drug-likeness (QED) is 0.253. The minimum atomic E-state index is -0.727. The molecule has 0 bridgehead atoms. The summed E-state index contributed by atoms with van der Waals surface area (Å²) in [5, 5.41) is 10.6. The monoisotopic (exact) mass is 564 g/mol. The zero-order valence-electron chi connectivity index (χ0n) is 24.7. The number of nitrogens with zero attached hydrogens (tertiary/aromatic N) is 2. The van der Waals surface area contributed by atoms with Crippen molar-refractivity contribution in [1.29, 1.82) is 0 Å². The molecule has 6 heteroatoms. The Labute approximate surface area is 249 Å². The van der Waals surface area contributed by atoms with Gasteiger partial charge in [0, 0.05) is 31.1 Å². The van der Waals surface area contributed by atoms with Gasteiger partial charge in [-0.05, 0) is 78.0 Å². The molecule has 1 heterocycles. The number of carbonyl (C=O) groups is 1. The summed E-state index contributed by atoms with van der Waals surface area (Å²) in [5.74, 6) is 1.60. The van der Waals surface area contributed by atoms with Crippen molar-refractivity contribution in [3.63, 3.8) is 0 Å². The number of likely N-dealkylation sites (N-methyl/N-ethyl adjacent to an activating group) is 1. The third-order valence-corrected chi connectivity index (χ3v) is 8.44.